The van der Waals surface area contributed by atoms with E-state index < -0.39 is 17.2 Å². The van der Waals surface area contributed by atoms with Crippen molar-refractivity contribution in [1.82, 2.24) is 10.2 Å². The number of hydrogen-bond donors (Lipinski definition) is 1. The van der Waals surface area contributed by atoms with Gasteiger partial charge in [-0.05, 0) is 12.8 Å². The first-order valence-corrected chi connectivity index (χ1v) is 6.58. The van der Waals surface area contributed by atoms with Crippen LogP contribution in [0, 0.1) is 0 Å². The molecule has 1 N–H and O–H groups in total. The molecule has 1 aliphatic rings. The second-order valence-electron chi connectivity index (χ2n) is 4.35. The molecule has 1 aliphatic carbocycles. The number of aromatic nitrogens is 2. The molecule has 106 valence electrons. The molecule has 1 heterocycles. The third-order valence-corrected chi connectivity index (χ3v) is 3.98. The van der Waals surface area contributed by atoms with E-state index in [9.17, 15) is 18.0 Å². The summed E-state index contributed by atoms with van der Waals surface area (Å²) in [6, 6.07) is -0.0647. The fraction of sp³-hybridized carbons (Fsp3) is 0.700. The Bertz CT molecular complexity index is 457. The summed E-state index contributed by atoms with van der Waals surface area (Å²) in [5, 5.41) is 14.4. The van der Waals surface area contributed by atoms with E-state index in [0.717, 1.165) is 25.7 Å². The number of hydrogen-bond acceptors (Lipinski definition) is 5. The number of halogens is 3. The minimum atomic E-state index is -4.54. The number of alkyl halides is 3. The lowest BCUT2D eigenvalue weighted by atomic mass is 10.2. The molecule has 0 amide bonds. The van der Waals surface area contributed by atoms with E-state index in [1.807, 2.05) is 0 Å². The summed E-state index contributed by atoms with van der Waals surface area (Å²) in [6.07, 6.45) is -1.10. The van der Waals surface area contributed by atoms with Gasteiger partial charge >= 0.3 is 12.1 Å². The molecule has 0 saturated heterocycles. The molecule has 0 aromatic carbocycles. The highest BCUT2D eigenvalue weighted by atomic mass is 32.1. The van der Waals surface area contributed by atoms with Crippen molar-refractivity contribution in [3.63, 3.8) is 0 Å². The summed E-state index contributed by atoms with van der Waals surface area (Å²) in [6.45, 7) is -0.350. The predicted molar refractivity (Wildman–Crippen MR) is 62.1 cm³/mol. The lowest BCUT2D eigenvalue weighted by molar-refractivity contribution is -0.138. The second-order valence-corrected chi connectivity index (χ2v) is 5.30. The number of carboxylic acids is 1. The van der Waals surface area contributed by atoms with Crippen LogP contribution in [0.5, 0.6) is 0 Å². The fourth-order valence-corrected chi connectivity index (χ4v) is 2.94. The molecule has 1 aromatic heterocycles. The number of carboxylic acid groups (broad SMARTS) is 1. The van der Waals surface area contributed by atoms with Crippen LogP contribution in [0.25, 0.3) is 0 Å². The molecule has 19 heavy (non-hydrogen) atoms. The Morgan fingerprint density at radius 3 is 2.47 bits per heavy atom. The summed E-state index contributed by atoms with van der Waals surface area (Å²) in [5.41, 5.74) is 0. The Kier molecular flexibility index (Phi) is 3.93. The van der Waals surface area contributed by atoms with E-state index in [2.05, 4.69) is 10.2 Å². The summed E-state index contributed by atoms with van der Waals surface area (Å²) in [7, 11) is 0. The Morgan fingerprint density at radius 2 is 2.00 bits per heavy atom. The predicted octanol–water partition coefficient (Wildman–Crippen LogP) is 2.39. The van der Waals surface area contributed by atoms with E-state index in [-0.39, 0.29) is 17.7 Å². The van der Waals surface area contributed by atoms with Crippen LogP contribution in [0.1, 0.15) is 30.7 Å². The summed E-state index contributed by atoms with van der Waals surface area (Å²) < 4.78 is 37.4. The number of nitrogens with zero attached hydrogens (tertiary/aromatic N) is 3. The highest BCUT2D eigenvalue weighted by molar-refractivity contribution is 7.15. The van der Waals surface area contributed by atoms with Crippen molar-refractivity contribution in [2.24, 2.45) is 0 Å². The van der Waals surface area contributed by atoms with Gasteiger partial charge in [-0.1, -0.05) is 24.2 Å². The fourth-order valence-electron chi connectivity index (χ4n) is 2.16. The molecule has 5 nitrogen and oxygen atoms in total. The zero-order valence-electron chi connectivity index (χ0n) is 9.85. The first kappa shape index (κ1) is 14.0. The topological polar surface area (TPSA) is 66.3 Å². The van der Waals surface area contributed by atoms with Gasteiger partial charge in [-0.2, -0.15) is 13.2 Å². The Morgan fingerprint density at radius 1 is 1.37 bits per heavy atom. The maximum absolute atomic E-state index is 12.5. The van der Waals surface area contributed by atoms with Crippen molar-refractivity contribution in [2.75, 3.05) is 11.4 Å². The van der Waals surface area contributed by atoms with Crippen LogP contribution >= 0.6 is 11.3 Å². The standard InChI is InChI=1S/C10H12F3N3O2S/c11-10(12,13)8-14-15-9(19-8)16(5-7(17)18)6-3-1-2-4-6/h6H,1-5H2,(H,17,18). The van der Waals surface area contributed by atoms with E-state index in [1.165, 1.54) is 4.90 Å². The molecule has 1 aromatic rings. The summed E-state index contributed by atoms with van der Waals surface area (Å²) in [5.74, 6) is -1.09. The number of rotatable bonds is 4. The smallest absolute Gasteiger partial charge is 0.445 e. The molecular weight excluding hydrogens is 283 g/mol. The van der Waals surface area contributed by atoms with Crippen LogP contribution in [0.3, 0.4) is 0 Å². The molecule has 0 bridgehead atoms. The lowest BCUT2D eigenvalue weighted by Crippen LogP contribution is -2.37. The van der Waals surface area contributed by atoms with Gasteiger partial charge in [0.25, 0.3) is 0 Å². The van der Waals surface area contributed by atoms with Gasteiger partial charge in [0.1, 0.15) is 6.54 Å². The Balaban J connectivity index is 2.22. The Labute approximate surface area is 111 Å². The molecular formula is C10H12F3N3O2S. The molecule has 9 heteroatoms. The SMILES string of the molecule is O=C(O)CN(c1nnc(C(F)(F)F)s1)C1CCCC1. The second kappa shape index (κ2) is 5.32. The van der Waals surface area contributed by atoms with E-state index in [0.29, 0.717) is 11.3 Å². The van der Waals surface area contributed by atoms with Gasteiger partial charge < -0.3 is 10.0 Å². The monoisotopic (exact) mass is 295 g/mol. The molecule has 0 radical (unpaired) electrons. The van der Waals surface area contributed by atoms with Gasteiger partial charge in [0, 0.05) is 6.04 Å². The summed E-state index contributed by atoms with van der Waals surface area (Å²) in [4.78, 5) is 12.3. The van der Waals surface area contributed by atoms with Gasteiger partial charge in [-0.3, -0.25) is 4.79 Å². The molecule has 2 rings (SSSR count). The van der Waals surface area contributed by atoms with Crippen LogP contribution < -0.4 is 4.90 Å². The lowest BCUT2D eigenvalue weighted by Gasteiger charge is -2.26. The van der Waals surface area contributed by atoms with Gasteiger partial charge in [-0.25, -0.2) is 0 Å². The molecule has 1 fully saturated rings. The van der Waals surface area contributed by atoms with Crippen molar-refractivity contribution in [3.8, 4) is 0 Å². The number of carbonyl (C=O) groups is 1. The largest absolute Gasteiger partial charge is 0.480 e. The first-order valence-electron chi connectivity index (χ1n) is 5.77. The van der Waals surface area contributed by atoms with Crippen molar-refractivity contribution in [1.29, 1.82) is 0 Å². The maximum Gasteiger partial charge on any atom is 0.445 e. The van der Waals surface area contributed by atoms with Crippen LogP contribution in [0.15, 0.2) is 0 Å². The van der Waals surface area contributed by atoms with Crippen molar-refractivity contribution < 1.29 is 23.1 Å². The van der Waals surface area contributed by atoms with Crippen LogP contribution in [0.2, 0.25) is 0 Å². The first-order chi connectivity index (χ1) is 8.88. The van der Waals surface area contributed by atoms with E-state index in [1.54, 1.807) is 0 Å². The van der Waals surface area contributed by atoms with Gasteiger partial charge in [0.2, 0.25) is 10.1 Å². The highest BCUT2D eigenvalue weighted by Gasteiger charge is 2.37. The van der Waals surface area contributed by atoms with E-state index >= 15 is 0 Å². The molecule has 0 spiro atoms. The van der Waals surface area contributed by atoms with Gasteiger partial charge in [0.15, 0.2) is 0 Å². The molecule has 1 saturated carbocycles. The summed E-state index contributed by atoms with van der Waals surface area (Å²) >= 11 is 0.392. The average molecular weight is 295 g/mol. The zero-order valence-corrected chi connectivity index (χ0v) is 10.7. The third kappa shape index (κ3) is 3.34. The maximum atomic E-state index is 12.5. The van der Waals surface area contributed by atoms with Crippen molar-refractivity contribution >= 4 is 22.4 Å². The minimum Gasteiger partial charge on any atom is -0.480 e. The van der Waals surface area contributed by atoms with Crippen molar-refractivity contribution in [3.05, 3.63) is 5.01 Å². The van der Waals surface area contributed by atoms with Crippen LogP contribution in [-0.4, -0.2) is 33.9 Å². The Hall–Kier alpha value is -1.38. The average Bonchev–Trinajstić information content (AvgIpc) is 2.96. The molecule has 0 atom stereocenters. The van der Waals surface area contributed by atoms with Gasteiger partial charge in [0.05, 0.1) is 0 Å². The zero-order chi connectivity index (χ0) is 14.0. The quantitative estimate of drug-likeness (QED) is 0.924. The number of anilines is 1. The van der Waals surface area contributed by atoms with Crippen molar-refractivity contribution in [2.45, 2.75) is 37.9 Å². The molecule has 0 aliphatic heterocycles. The normalized spacial score (nSPS) is 16.8. The van der Waals surface area contributed by atoms with Crippen LogP contribution in [0.4, 0.5) is 18.3 Å². The van der Waals surface area contributed by atoms with Crippen LogP contribution in [-0.2, 0) is 11.0 Å². The van der Waals surface area contributed by atoms with E-state index in [4.69, 9.17) is 5.11 Å². The number of aliphatic carboxylic acids is 1. The minimum absolute atomic E-state index is 0.0293. The molecule has 0 unspecified atom stereocenters. The highest BCUT2D eigenvalue weighted by Crippen LogP contribution is 2.36. The third-order valence-electron chi connectivity index (χ3n) is 2.97. The van der Waals surface area contributed by atoms with Gasteiger partial charge in [-0.15, -0.1) is 10.2 Å².